The van der Waals surface area contributed by atoms with Gasteiger partial charge in [0.05, 0.1) is 11.8 Å². The fourth-order valence-electron chi connectivity index (χ4n) is 2.21. The fourth-order valence-corrected chi connectivity index (χ4v) is 3.61. The number of hydrogen-bond acceptors (Lipinski definition) is 4. The fraction of sp³-hybridized carbons (Fsp3) is 0.286. The number of sulfone groups is 1. The van der Waals surface area contributed by atoms with Gasteiger partial charge in [0, 0.05) is 23.7 Å². The van der Waals surface area contributed by atoms with Crippen LogP contribution in [0.1, 0.15) is 6.92 Å². The standard InChI is InChI=1S/C14H15ClN2O4S/c1-10(18)16-11-2-4-12(5-3-11)17(14(19)8-15)13-6-7-22(20,21)9-13/h2-7,13H,8-9H2,1H3,(H,16,18)/t13-/m1/s1. The largest absolute Gasteiger partial charge is 0.326 e. The number of anilines is 2. The van der Waals surface area contributed by atoms with E-state index >= 15 is 0 Å². The summed E-state index contributed by atoms with van der Waals surface area (Å²) in [7, 11) is -3.29. The number of benzene rings is 1. The summed E-state index contributed by atoms with van der Waals surface area (Å²) in [6.07, 6.45) is 1.47. The molecule has 0 aliphatic carbocycles. The molecule has 2 rings (SSSR count). The highest BCUT2D eigenvalue weighted by atomic mass is 35.5. The molecule has 0 spiro atoms. The first kappa shape index (κ1) is 16.5. The van der Waals surface area contributed by atoms with Crippen molar-refractivity contribution in [1.29, 1.82) is 0 Å². The summed E-state index contributed by atoms with van der Waals surface area (Å²) < 4.78 is 23.1. The Morgan fingerprint density at radius 2 is 1.95 bits per heavy atom. The van der Waals surface area contributed by atoms with Gasteiger partial charge in [-0.05, 0) is 30.3 Å². The first-order valence-corrected chi connectivity index (χ1v) is 8.74. The Labute approximate surface area is 133 Å². The van der Waals surface area contributed by atoms with E-state index in [4.69, 9.17) is 11.6 Å². The Balaban J connectivity index is 2.28. The number of hydrogen-bond donors (Lipinski definition) is 1. The molecule has 22 heavy (non-hydrogen) atoms. The Morgan fingerprint density at radius 1 is 1.32 bits per heavy atom. The van der Waals surface area contributed by atoms with E-state index in [0.717, 1.165) is 5.41 Å². The number of halogens is 1. The third-order valence-corrected chi connectivity index (χ3v) is 4.70. The van der Waals surface area contributed by atoms with Crippen molar-refractivity contribution < 1.29 is 18.0 Å². The van der Waals surface area contributed by atoms with Gasteiger partial charge in [-0.1, -0.05) is 0 Å². The zero-order valence-corrected chi connectivity index (χ0v) is 13.4. The van der Waals surface area contributed by atoms with E-state index in [1.54, 1.807) is 24.3 Å². The van der Waals surface area contributed by atoms with Gasteiger partial charge in [0.1, 0.15) is 5.88 Å². The zero-order valence-electron chi connectivity index (χ0n) is 11.8. The predicted octanol–water partition coefficient (Wildman–Crippen LogP) is 1.53. The summed E-state index contributed by atoms with van der Waals surface area (Å²) in [5.41, 5.74) is 1.11. The van der Waals surface area contributed by atoms with Crippen molar-refractivity contribution >= 4 is 44.6 Å². The molecule has 0 unspecified atom stereocenters. The van der Waals surface area contributed by atoms with Crippen LogP contribution in [0.5, 0.6) is 0 Å². The topological polar surface area (TPSA) is 83.6 Å². The lowest BCUT2D eigenvalue weighted by molar-refractivity contribution is -0.116. The molecule has 1 N–H and O–H groups in total. The summed E-state index contributed by atoms with van der Waals surface area (Å²) in [6, 6.07) is 5.96. The lowest BCUT2D eigenvalue weighted by Crippen LogP contribution is -2.42. The monoisotopic (exact) mass is 342 g/mol. The van der Waals surface area contributed by atoms with Gasteiger partial charge in [-0.3, -0.25) is 9.59 Å². The van der Waals surface area contributed by atoms with Crippen LogP contribution in [-0.2, 0) is 19.4 Å². The van der Waals surface area contributed by atoms with Crippen molar-refractivity contribution in [1.82, 2.24) is 0 Å². The summed E-state index contributed by atoms with van der Waals surface area (Å²) in [4.78, 5) is 24.4. The van der Waals surface area contributed by atoms with Gasteiger partial charge in [-0.15, -0.1) is 11.6 Å². The zero-order chi connectivity index (χ0) is 16.3. The third kappa shape index (κ3) is 3.86. The average molecular weight is 343 g/mol. The molecule has 118 valence electrons. The number of carbonyl (C=O) groups is 2. The van der Waals surface area contributed by atoms with Crippen LogP contribution >= 0.6 is 11.6 Å². The average Bonchev–Trinajstić information content (AvgIpc) is 2.80. The molecule has 1 aliphatic heterocycles. The minimum atomic E-state index is -3.29. The van der Waals surface area contributed by atoms with Crippen LogP contribution in [-0.4, -0.2) is 37.9 Å². The highest BCUT2D eigenvalue weighted by molar-refractivity contribution is 7.94. The second-order valence-electron chi connectivity index (χ2n) is 4.85. The second kappa shape index (κ2) is 6.50. The molecule has 0 saturated carbocycles. The minimum absolute atomic E-state index is 0.164. The molecule has 1 aromatic rings. The highest BCUT2D eigenvalue weighted by Gasteiger charge is 2.30. The summed E-state index contributed by atoms with van der Waals surface area (Å²) >= 11 is 5.62. The van der Waals surface area contributed by atoms with Crippen LogP contribution < -0.4 is 10.2 Å². The molecule has 0 bridgehead atoms. The van der Waals surface area contributed by atoms with Crippen molar-refractivity contribution in [3.8, 4) is 0 Å². The summed E-state index contributed by atoms with van der Waals surface area (Å²) in [5.74, 6) is -1.01. The van der Waals surface area contributed by atoms with Crippen LogP contribution in [0.25, 0.3) is 0 Å². The minimum Gasteiger partial charge on any atom is -0.326 e. The van der Waals surface area contributed by atoms with Gasteiger partial charge in [-0.25, -0.2) is 8.42 Å². The number of nitrogens with zero attached hydrogens (tertiary/aromatic N) is 1. The predicted molar refractivity (Wildman–Crippen MR) is 85.7 cm³/mol. The van der Waals surface area contributed by atoms with E-state index in [1.807, 2.05) is 0 Å². The van der Waals surface area contributed by atoms with Gasteiger partial charge in [0.2, 0.25) is 11.8 Å². The molecule has 0 fully saturated rings. The van der Waals surface area contributed by atoms with E-state index in [1.165, 1.54) is 17.9 Å². The van der Waals surface area contributed by atoms with Gasteiger partial charge >= 0.3 is 0 Å². The Morgan fingerprint density at radius 3 is 2.41 bits per heavy atom. The maximum Gasteiger partial charge on any atom is 0.242 e. The Bertz CT molecular complexity index is 713. The molecule has 1 atom stereocenters. The lowest BCUT2D eigenvalue weighted by Gasteiger charge is -2.27. The third-order valence-electron chi connectivity index (χ3n) is 3.09. The van der Waals surface area contributed by atoms with Crippen LogP contribution in [0.15, 0.2) is 35.7 Å². The number of carbonyl (C=O) groups excluding carboxylic acids is 2. The van der Waals surface area contributed by atoms with Gasteiger partial charge < -0.3 is 10.2 Å². The summed E-state index contributed by atoms with van der Waals surface area (Å²) in [5, 5.41) is 3.73. The van der Waals surface area contributed by atoms with Crippen molar-refractivity contribution in [2.45, 2.75) is 13.0 Å². The lowest BCUT2D eigenvalue weighted by atomic mass is 10.2. The molecular formula is C14H15ClN2O4S. The molecule has 1 aromatic carbocycles. The normalized spacial score (nSPS) is 18.9. The molecular weight excluding hydrogens is 328 g/mol. The van der Waals surface area contributed by atoms with E-state index in [2.05, 4.69) is 5.32 Å². The van der Waals surface area contributed by atoms with Crippen molar-refractivity contribution in [2.24, 2.45) is 0 Å². The van der Waals surface area contributed by atoms with Gasteiger partial charge in [0.15, 0.2) is 9.84 Å². The highest BCUT2D eigenvalue weighted by Crippen LogP contribution is 2.24. The molecule has 1 heterocycles. The number of rotatable bonds is 4. The summed E-state index contributed by atoms with van der Waals surface area (Å²) in [6.45, 7) is 1.39. The van der Waals surface area contributed by atoms with Gasteiger partial charge in [0.25, 0.3) is 0 Å². The van der Waals surface area contributed by atoms with Crippen LogP contribution in [0.2, 0.25) is 0 Å². The van der Waals surface area contributed by atoms with Crippen LogP contribution in [0.3, 0.4) is 0 Å². The maximum atomic E-state index is 12.1. The number of amides is 2. The van der Waals surface area contributed by atoms with Crippen LogP contribution in [0.4, 0.5) is 11.4 Å². The molecule has 2 amide bonds. The maximum absolute atomic E-state index is 12.1. The first-order valence-electron chi connectivity index (χ1n) is 6.49. The van der Waals surface area contributed by atoms with Gasteiger partial charge in [-0.2, -0.15) is 0 Å². The van der Waals surface area contributed by atoms with E-state index in [9.17, 15) is 18.0 Å². The van der Waals surface area contributed by atoms with Crippen LogP contribution in [0, 0.1) is 0 Å². The quantitative estimate of drug-likeness (QED) is 0.841. The first-order chi connectivity index (χ1) is 10.3. The van der Waals surface area contributed by atoms with Crippen molar-refractivity contribution in [2.75, 3.05) is 21.8 Å². The Hall–Kier alpha value is -1.86. The molecule has 6 nitrogen and oxygen atoms in total. The van der Waals surface area contributed by atoms with E-state index in [-0.39, 0.29) is 23.4 Å². The molecule has 0 aromatic heterocycles. The Kier molecular flexibility index (Phi) is 4.87. The number of nitrogens with one attached hydrogen (secondary N) is 1. The smallest absolute Gasteiger partial charge is 0.242 e. The van der Waals surface area contributed by atoms with E-state index < -0.39 is 15.9 Å². The molecule has 0 saturated heterocycles. The molecule has 8 heteroatoms. The SMILES string of the molecule is CC(=O)Nc1ccc(N(C(=O)CCl)[C@@H]2C=CS(=O)(=O)C2)cc1. The molecule has 0 radical (unpaired) electrons. The van der Waals surface area contributed by atoms with Crippen molar-refractivity contribution in [3.63, 3.8) is 0 Å². The molecule has 1 aliphatic rings. The van der Waals surface area contributed by atoms with Crippen molar-refractivity contribution in [3.05, 3.63) is 35.7 Å². The number of alkyl halides is 1. The van der Waals surface area contributed by atoms with E-state index in [0.29, 0.717) is 11.4 Å². The second-order valence-corrected chi connectivity index (χ2v) is 7.05.